The average Bonchev–Trinajstić information content (AvgIpc) is 3.30. The molecule has 13 nitrogen and oxygen atoms in total. The summed E-state index contributed by atoms with van der Waals surface area (Å²) in [5.74, 6) is -0.138. The Labute approximate surface area is 298 Å². The van der Waals surface area contributed by atoms with Crippen LogP contribution in [0.1, 0.15) is 70.3 Å². The summed E-state index contributed by atoms with van der Waals surface area (Å²) in [7, 11) is 8.19. The Kier molecular flexibility index (Phi) is 12.9. The van der Waals surface area contributed by atoms with Crippen LogP contribution in [-0.2, 0) is 14.2 Å². The van der Waals surface area contributed by atoms with E-state index in [0.717, 1.165) is 5.69 Å². The van der Waals surface area contributed by atoms with Crippen molar-refractivity contribution >= 4 is 29.4 Å². The quantitative estimate of drug-likeness (QED) is 0.148. The fourth-order valence-electron chi connectivity index (χ4n) is 5.48. The number of methoxy groups -OCH3 is 3. The van der Waals surface area contributed by atoms with Crippen molar-refractivity contribution in [3.63, 3.8) is 0 Å². The van der Waals surface area contributed by atoms with Gasteiger partial charge in [-0.15, -0.1) is 0 Å². The first kappa shape index (κ1) is 38.5. The molecule has 13 heteroatoms. The Morgan fingerprint density at radius 1 is 0.882 bits per heavy atom. The summed E-state index contributed by atoms with van der Waals surface area (Å²) >= 11 is 0. The number of amides is 2. The van der Waals surface area contributed by atoms with Crippen LogP contribution in [0.2, 0.25) is 0 Å². The molecule has 0 saturated carbocycles. The Morgan fingerprint density at radius 3 is 2.12 bits per heavy atom. The lowest BCUT2D eigenvalue weighted by Gasteiger charge is -2.30. The maximum Gasteiger partial charge on any atom is 0.410 e. The lowest BCUT2D eigenvalue weighted by Crippen LogP contribution is -2.51. The van der Waals surface area contributed by atoms with Crippen molar-refractivity contribution in [3.8, 4) is 17.2 Å². The van der Waals surface area contributed by atoms with Crippen molar-refractivity contribution in [1.82, 2.24) is 10.2 Å². The van der Waals surface area contributed by atoms with Crippen LogP contribution in [0.5, 0.6) is 17.2 Å². The zero-order chi connectivity index (χ0) is 37.3. The van der Waals surface area contributed by atoms with Crippen LogP contribution in [0.25, 0.3) is 0 Å². The molecule has 0 bridgehead atoms. The lowest BCUT2D eigenvalue weighted by atomic mass is 9.99. The number of carbonyl (C=O) groups excluding carboxylic acids is 4. The molecule has 274 valence electrons. The van der Waals surface area contributed by atoms with Crippen LogP contribution in [-0.4, -0.2) is 102 Å². The van der Waals surface area contributed by atoms with E-state index in [-0.39, 0.29) is 24.7 Å². The van der Waals surface area contributed by atoms with E-state index in [4.69, 9.17) is 28.4 Å². The van der Waals surface area contributed by atoms with E-state index in [1.54, 1.807) is 69.3 Å². The molecule has 0 spiro atoms. The second kappa shape index (κ2) is 17.1. The Bertz CT molecular complexity index is 1680. The molecule has 1 aliphatic heterocycles. The third-order valence-corrected chi connectivity index (χ3v) is 8.08. The Balaban J connectivity index is 1.54. The second-order valence-corrected chi connectivity index (χ2v) is 13.2. The number of carbonyl (C=O) groups is 4. The SMILES string of the molecule is COCOc1ccc(C(=O)N[C@@H]2CN(C(=O)OC(C)(C)C)CCC[C@H]2OC(=O)c2ccc(C(=O)c3cc(N(C)C)cc(OC)c3OC)cc2)cc1. The molecule has 4 rings (SSSR count). The van der Waals surface area contributed by atoms with Crippen molar-refractivity contribution in [2.75, 3.05) is 60.2 Å². The van der Waals surface area contributed by atoms with Gasteiger partial charge in [0.2, 0.25) is 0 Å². The summed E-state index contributed by atoms with van der Waals surface area (Å²) < 4.78 is 32.9. The molecule has 0 unspecified atom stereocenters. The summed E-state index contributed by atoms with van der Waals surface area (Å²) in [4.78, 5) is 57.0. The van der Waals surface area contributed by atoms with Crippen molar-refractivity contribution in [1.29, 1.82) is 0 Å². The van der Waals surface area contributed by atoms with Crippen LogP contribution in [0.4, 0.5) is 10.5 Å². The first-order chi connectivity index (χ1) is 24.2. The average molecular weight is 706 g/mol. The molecule has 1 aliphatic rings. The van der Waals surface area contributed by atoms with E-state index < -0.39 is 35.7 Å². The van der Waals surface area contributed by atoms with Crippen molar-refractivity contribution in [3.05, 3.63) is 82.9 Å². The molecule has 1 saturated heterocycles. The fourth-order valence-corrected chi connectivity index (χ4v) is 5.48. The standard InChI is InChI=1S/C38H47N3O10/c1-38(2,3)51-37(45)41-19-9-10-31(30(22-41)39-35(43)25-15-17-28(18-16-25)49-23-46-6)50-36(44)26-13-11-24(12-14-26)33(42)29-20-27(40(4)5)21-32(47-7)34(29)48-8/h11-18,20-21,30-31H,9-10,19,22-23H2,1-8H3,(H,39,43)/t30-,31-/m1/s1. The summed E-state index contributed by atoms with van der Waals surface area (Å²) in [6.45, 7) is 5.80. The zero-order valence-corrected chi connectivity index (χ0v) is 30.4. The van der Waals surface area contributed by atoms with Gasteiger partial charge >= 0.3 is 12.1 Å². The van der Waals surface area contributed by atoms with E-state index >= 15 is 0 Å². The van der Waals surface area contributed by atoms with Gasteiger partial charge < -0.3 is 43.5 Å². The highest BCUT2D eigenvalue weighted by Gasteiger charge is 2.35. The minimum atomic E-state index is -0.773. The third kappa shape index (κ3) is 10.1. The Hall–Kier alpha value is -5.30. The largest absolute Gasteiger partial charge is 0.493 e. The topological polar surface area (TPSA) is 142 Å². The molecule has 51 heavy (non-hydrogen) atoms. The minimum Gasteiger partial charge on any atom is -0.493 e. The van der Waals surface area contributed by atoms with E-state index in [0.29, 0.717) is 53.3 Å². The number of nitrogens with one attached hydrogen (secondary N) is 1. The van der Waals surface area contributed by atoms with Crippen molar-refractivity contribution in [2.45, 2.75) is 51.4 Å². The highest BCUT2D eigenvalue weighted by molar-refractivity contribution is 6.12. The number of hydrogen-bond acceptors (Lipinski definition) is 11. The van der Waals surface area contributed by atoms with Gasteiger partial charge in [0.05, 0.1) is 31.4 Å². The van der Waals surface area contributed by atoms with Gasteiger partial charge in [-0.2, -0.15) is 0 Å². The number of anilines is 1. The molecular formula is C38H47N3O10. The number of rotatable bonds is 12. The molecule has 2 amide bonds. The zero-order valence-electron chi connectivity index (χ0n) is 30.4. The van der Waals surface area contributed by atoms with Crippen LogP contribution in [0.15, 0.2) is 60.7 Å². The molecule has 0 aromatic heterocycles. The molecular weight excluding hydrogens is 658 g/mol. The second-order valence-electron chi connectivity index (χ2n) is 13.2. The first-order valence-electron chi connectivity index (χ1n) is 16.5. The van der Waals surface area contributed by atoms with Gasteiger partial charge in [0.25, 0.3) is 5.91 Å². The van der Waals surface area contributed by atoms with E-state index in [1.165, 1.54) is 38.4 Å². The summed E-state index contributed by atoms with van der Waals surface area (Å²) in [6.07, 6.45) is -0.427. The summed E-state index contributed by atoms with van der Waals surface area (Å²) in [6, 6.07) is 15.4. The predicted molar refractivity (Wildman–Crippen MR) is 190 cm³/mol. The van der Waals surface area contributed by atoms with Crippen molar-refractivity contribution < 1.29 is 47.6 Å². The number of esters is 1. The number of ketones is 1. The van der Waals surface area contributed by atoms with Gasteiger partial charge in [-0.1, -0.05) is 12.1 Å². The minimum absolute atomic E-state index is 0.0539. The molecule has 1 N–H and O–H groups in total. The molecule has 3 aromatic carbocycles. The molecule has 0 radical (unpaired) electrons. The third-order valence-electron chi connectivity index (χ3n) is 8.08. The molecule has 1 fully saturated rings. The lowest BCUT2D eigenvalue weighted by molar-refractivity contribution is 0.0127. The van der Waals surface area contributed by atoms with Crippen LogP contribution < -0.4 is 24.4 Å². The fraction of sp³-hybridized carbons (Fsp3) is 0.421. The van der Waals surface area contributed by atoms with Gasteiger partial charge in [0.1, 0.15) is 17.5 Å². The molecule has 0 aliphatic carbocycles. The number of benzene rings is 3. The molecule has 1 heterocycles. The molecule has 3 aromatic rings. The number of hydrogen-bond donors (Lipinski definition) is 1. The van der Waals surface area contributed by atoms with Gasteiger partial charge in [-0.25, -0.2) is 9.59 Å². The first-order valence-corrected chi connectivity index (χ1v) is 16.5. The highest BCUT2D eigenvalue weighted by Crippen LogP contribution is 2.37. The van der Waals surface area contributed by atoms with E-state index in [9.17, 15) is 19.2 Å². The monoisotopic (exact) mass is 705 g/mol. The van der Waals surface area contributed by atoms with E-state index in [2.05, 4.69) is 5.32 Å². The highest BCUT2D eigenvalue weighted by atomic mass is 16.7. The maximum atomic E-state index is 13.6. The number of likely N-dealkylation sites (tertiary alicyclic amines) is 1. The van der Waals surface area contributed by atoms with Gasteiger partial charge in [0.15, 0.2) is 24.1 Å². The van der Waals surface area contributed by atoms with Crippen molar-refractivity contribution in [2.24, 2.45) is 0 Å². The normalized spacial score (nSPS) is 16.0. The van der Waals surface area contributed by atoms with Gasteiger partial charge in [0, 0.05) is 57.2 Å². The summed E-state index contributed by atoms with van der Waals surface area (Å²) in [5, 5.41) is 2.97. The van der Waals surface area contributed by atoms with Crippen LogP contribution in [0.3, 0.4) is 0 Å². The van der Waals surface area contributed by atoms with Gasteiger partial charge in [-0.3, -0.25) is 9.59 Å². The maximum absolute atomic E-state index is 13.6. The van der Waals surface area contributed by atoms with Gasteiger partial charge in [-0.05, 0) is 76.1 Å². The van der Waals surface area contributed by atoms with Crippen LogP contribution in [0, 0.1) is 0 Å². The predicted octanol–water partition coefficient (Wildman–Crippen LogP) is 5.34. The molecule has 2 atom stereocenters. The van der Waals surface area contributed by atoms with E-state index in [1.807, 2.05) is 19.0 Å². The van der Waals surface area contributed by atoms with Crippen LogP contribution >= 0.6 is 0 Å². The number of ether oxygens (including phenoxy) is 6. The Morgan fingerprint density at radius 2 is 1.53 bits per heavy atom. The smallest absolute Gasteiger partial charge is 0.410 e. The number of nitrogens with zero attached hydrogens (tertiary/aromatic N) is 2. The summed E-state index contributed by atoms with van der Waals surface area (Å²) in [5.41, 5.74) is 1.22.